The zero-order valence-corrected chi connectivity index (χ0v) is 16.2. The quantitative estimate of drug-likeness (QED) is 0.573. The number of likely N-dealkylation sites (N-methyl/N-ethyl adjacent to an activating group) is 1. The monoisotopic (exact) mass is 376 g/mol. The first-order valence-corrected chi connectivity index (χ1v) is 9.61. The van der Waals surface area contributed by atoms with E-state index in [9.17, 15) is 0 Å². The second-order valence-electron chi connectivity index (χ2n) is 7.42. The molecule has 1 saturated heterocycles. The van der Waals surface area contributed by atoms with Crippen LogP contribution < -0.4 is 4.90 Å². The molecule has 3 heterocycles. The Hall–Kier alpha value is -2.90. The highest BCUT2D eigenvalue weighted by Crippen LogP contribution is 2.30. The lowest BCUT2D eigenvalue weighted by atomic mass is 10.1. The highest BCUT2D eigenvalue weighted by Gasteiger charge is 2.18. The van der Waals surface area contributed by atoms with E-state index in [-0.39, 0.29) is 0 Å². The summed E-state index contributed by atoms with van der Waals surface area (Å²) < 4.78 is 5.36. The Morgan fingerprint density at radius 1 is 1.07 bits per heavy atom. The molecule has 1 aliphatic rings. The zero-order valence-electron chi connectivity index (χ0n) is 16.2. The number of benzene rings is 2. The number of piperazine rings is 1. The zero-order chi connectivity index (χ0) is 19.1. The minimum atomic E-state index is 0.539. The van der Waals surface area contributed by atoms with Gasteiger partial charge in [0.1, 0.15) is 5.69 Å². The summed E-state index contributed by atoms with van der Waals surface area (Å²) in [7, 11) is 3.88. The van der Waals surface area contributed by atoms with Gasteiger partial charge >= 0.3 is 0 Å². The third-order valence-corrected chi connectivity index (χ3v) is 5.53. The van der Waals surface area contributed by atoms with Crippen LogP contribution in [0.1, 0.15) is 5.56 Å². The van der Waals surface area contributed by atoms with Crippen molar-refractivity contribution in [2.75, 3.05) is 45.2 Å². The van der Waals surface area contributed by atoms with Gasteiger partial charge in [-0.1, -0.05) is 12.1 Å². The fourth-order valence-corrected chi connectivity index (χ4v) is 3.96. The van der Waals surface area contributed by atoms with Crippen LogP contribution in [0.15, 0.2) is 36.4 Å². The second-order valence-corrected chi connectivity index (χ2v) is 7.42. The molecule has 4 aromatic rings. The Morgan fingerprint density at radius 3 is 2.75 bits per heavy atom. The third-order valence-electron chi connectivity index (χ3n) is 5.53. The van der Waals surface area contributed by atoms with Gasteiger partial charge in [0.05, 0.1) is 23.2 Å². The molecule has 0 saturated carbocycles. The molecule has 2 aromatic carbocycles. The Balaban J connectivity index is 1.54. The summed E-state index contributed by atoms with van der Waals surface area (Å²) in [6.07, 6.45) is 0. The molecular formula is C21H24N6O. The summed E-state index contributed by atoms with van der Waals surface area (Å²) in [6.45, 7) is 4.82. The molecule has 28 heavy (non-hydrogen) atoms. The fraction of sp³-hybridized carbons (Fsp3) is 0.333. The number of H-pyrrole nitrogens is 2. The third kappa shape index (κ3) is 2.93. The molecule has 0 bridgehead atoms. The van der Waals surface area contributed by atoms with Gasteiger partial charge < -0.3 is 19.5 Å². The largest absolute Gasteiger partial charge is 0.380 e. The van der Waals surface area contributed by atoms with Crippen molar-refractivity contribution in [1.29, 1.82) is 0 Å². The van der Waals surface area contributed by atoms with Crippen molar-refractivity contribution in [3.05, 3.63) is 42.0 Å². The molecule has 0 amide bonds. The lowest BCUT2D eigenvalue weighted by Crippen LogP contribution is -2.44. The van der Waals surface area contributed by atoms with Crippen LogP contribution in [0.2, 0.25) is 0 Å². The highest BCUT2D eigenvalue weighted by atomic mass is 16.5. The maximum Gasteiger partial charge on any atom is 0.159 e. The van der Waals surface area contributed by atoms with Crippen molar-refractivity contribution in [2.45, 2.75) is 6.61 Å². The SMILES string of the molecule is COCc1cccc2[nH]nc(-c3nc4ccc(N5CCN(C)CC5)cc4[nH]3)c12. The van der Waals surface area contributed by atoms with Crippen LogP contribution in [0.5, 0.6) is 0 Å². The Bertz CT molecular complexity index is 1120. The van der Waals surface area contributed by atoms with E-state index in [1.54, 1.807) is 7.11 Å². The molecular weight excluding hydrogens is 352 g/mol. The molecule has 7 heteroatoms. The number of hydrogen-bond acceptors (Lipinski definition) is 5. The van der Waals surface area contributed by atoms with Crippen molar-refractivity contribution < 1.29 is 4.74 Å². The number of hydrogen-bond donors (Lipinski definition) is 2. The lowest BCUT2D eigenvalue weighted by molar-refractivity contribution is 0.186. The summed E-state index contributed by atoms with van der Waals surface area (Å²) >= 11 is 0. The van der Waals surface area contributed by atoms with Crippen LogP contribution in [-0.4, -0.2) is 65.4 Å². The van der Waals surface area contributed by atoms with Crippen LogP contribution in [0, 0.1) is 0 Å². The topological polar surface area (TPSA) is 73.1 Å². The number of rotatable bonds is 4. The van der Waals surface area contributed by atoms with Gasteiger partial charge in [0, 0.05) is 44.4 Å². The molecule has 1 aliphatic heterocycles. The summed E-state index contributed by atoms with van der Waals surface area (Å²) in [4.78, 5) is 13.1. The van der Waals surface area contributed by atoms with Gasteiger partial charge in [0.2, 0.25) is 0 Å². The molecule has 0 radical (unpaired) electrons. The first-order chi connectivity index (χ1) is 13.7. The van der Waals surface area contributed by atoms with E-state index in [1.807, 2.05) is 12.1 Å². The molecule has 5 rings (SSSR count). The van der Waals surface area contributed by atoms with E-state index in [0.29, 0.717) is 6.61 Å². The number of imidazole rings is 1. The Kier molecular flexibility index (Phi) is 4.26. The van der Waals surface area contributed by atoms with E-state index < -0.39 is 0 Å². The molecule has 2 aromatic heterocycles. The maximum absolute atomic E-state index is 5.36. The highest BCUT2D eigenvalue weighted by molar-refractivity contribution is 5.95. The number of ether oxygens (including phenoxy) is 1. The molecule has 7 nitrogen and oxygen atoms in total. The summed E-state index contributed by atoms with van der Waals surface area (Å²) in [6, 6.07) is 12.6. The molecule has 144 valence electrons. The van der Waals surface area contributed by atoms with Gasteiger partial charge in [-0.2, -0.15) is 5.10 Å². The second kappa shape index (κ2) is 6.92. The van der Waals surface area contributed by atoms with Gasteiger partial charge in [0.15, 0.2) is 5.82 Å². The van der Waals surface area contributed by atoms with Crippen molar-refractivity contribution in [3.63, 3.8) is 0 Å². The molecule has 0 aliphatic carbocycles. The minimum Gasteiger partial charge on any atom is -0.380 e. The average Bonchev–Trinajstić information content (AvgIpc) is 3.32. The van der Waals surface area contributed by atoms with Crippen molar-refractivity contribution >= 4 is 27.6 Å². The van der Waals surface area contributed by atoms with Crippen molar-refractivity contribution in [1.82, 2.24) is 25.1 Å². The minimum absolute atomic E-state index is 0.539. The number of methoxy groups -OCH3 is 1. The van der Waals surface area contributed by atoms with Gasteiger partial charge in [-0.05, 0) is 36.9 Å². The van der Waals surface area contributed by atoms with Crippen molar-refractivity contribution in [2.24, 2.45) is 0 Å². The maximum atomic E-state index is 5.36. The van der Waals surface area contributed by atoms with Crippen LogP contribution in [0.4, 0.5) is 5.69 Å². The Morgan fingerprint density at radius 2 is 1.93 bits per heavy atom. The van der Waals surface area contributed by atoms with Crippen LogP contribution >= 0.6 is 0 Å². The number of aromatic nitrogens is 4. The van der Waals surface area contributed by atoms with Crippen LogP contribution in [-0.2, 0) is 11.3 Å². The normalized spacial score (nSPS) is 15.7. The predicted molar refractivity (Wildman–Crippen MR) is 112 cm³/mol. The van der Waals surface area contributed by atoms with Gasteiger partial charge in [-0.25, -0.2) is 4.98 Å². The van der Waals surface area contributed by atoms with Crippen molar-refractivity contribution in [3.8, 4) is 11.5 Å². The number of nitrogens with zero attached hydrogens (tertiary/aromatic N) is 4. The first kappa shape index (κ1) is 17.2. The molecule has 0 spiro atoms. The van der Waals surface area contributed by atoms with Gasteiger partial charge in [0.25, 0.3) is 0 Å². The van der Waals surface area contributed by atoms with E-state index in [2.05, 4.69) is 56.3 Å². The van der Waals surface area contributed by atoms with Crippen LogP contribution in [0.25, 0.3) is 33.5 Å². The number of fused-ring (bicyclic) bond motifs is 2. The molecule has 0 unspecified atom stereocenters. The molecule has 0 atom stereocenters. The lowest BCUT2D eigenvalue weighted by Gasteiger charge is -2.34. The van der Waals surface area contributed by atoms with E-state index >= 15 is 0 Å². The van der Waals surface area contributed by atoms with E-state index in [0.717, 1.165) is 65.2 Å². The first-order valence-electron chi connectivity index (χ1n) is 9.61. The van der Waals surface area contributed by atoms with Crippen LogP contribution in [0.3, 0.4) is 0 Å². The van der Waals surface area contributed by atoms with E-state index in [4.69, 9.17) is 9.72 Å². The average molecular weight is 376 g/mol. The van der Waals surface area contributed by atoms with Gasteiger partial charge in [-0.3, -0.25) is 5.10 Å². The Labute approximate surface area is 163 Å². The smallest absolute Gasteiger partial charge is 0.159 e. The van der Waals surface area contributed by atoms with Gasteiger partial charge in [-0.15, -0.1) is 0 Å². The fourth-order valence-electron chi connectivity index (χ4n) is 3.96. The number of nitrogens with one attached hydrogen (secondary N) is 2. The summed E-state index contributed by atoms with van der Waals surface area (Å²) in [5, 5.41) is 8.71. The molecule has 2 N–H and O–H groups in total. The van der Waals surface area contributed by atoms with E-state index in [1.165, 1.54) is 5.69 Å². The predicted octanol–water partition coefficient (Wildman–Crippen LogP) is 3.00. The summed E-state index contributed by atoms with van der Waals surface area (Å²) in [5.74, 6) is 0.778. The molecule has 1 fully saturated rings. The number of anilines is 1. The number of aromatic amines is 2. The summed E-state index contributed by atoms with van der Waals surface area (Å²) in [5.41, 5.74) is 6.15. The standard InChI is InChI=1S/C21H24N6O/c1-26-8-10-27(11-9-26)15-6-7-16-18(12-15)23-21(22-16)20-19-14(13-28-2)4-3-5-17(19)24-25-20/h3-7,12H,8-11,13H2,1-2H3,(H,22,23)(H,24,25).